The molecule has 0 aromatic heterocycles. The number of ether oxygens (including phenoxy) is 1. The fourth-order valence-corrected chi connectivity index (χ4v) is 1.60. The van der Waals surface area contributed by atoms with Gasteiger partial charge in [-0.25, -0.2) is 0 Å². The van der Waals surface area contributed by atoms with Gasteiger partial charge in [-0.05, 0) is 17.5 Å². The first-order valence-corrected chi connectivity index (χ1v) is 4.57. The summed E-state index contributed by atoms with van der Waals surface area (Å²) >= 11 is 0. The molecule has 0 saturated heterocycles. The summed E-state index contributed by atoms with van der Waals surface area (Å²) in [5.41, 5.74) is -0.00389. The van der Waals surface area contributed by atoms with Crippen molar-refractivity contribution >= 4 is 16.5 Å². The first-order valence-electron chi connectivity index (χ1n) is 4.57. The van der Waals surface area contributed by atoms with Crippen LogP contribution in [0.5, 0.6) is 11.5 Å². The Morgan fingerprint density at radius 2 is 2.12 bits per heavy atom. The van der Waals surface area contributed by atoms with Crippen LogP contribution in [-0.4, -0.2) is 17.1 Å². The Morgan fingerprint density at radius 1 is 1.38 bits per heavy atom. The molecule has 2 aromatic carbocycles. The molecule has 0 spiro atoms. The molecule has 82 valence electrons. The van der Waals surface area contributed by atoms with Gasteiger partial charge in [0.15, 0.2) is 11.5 Å². The van der Waals surface area contributed by atoms with Crippen LogP contribution in [-0.2, 0) is 0 Å². The van der Waals surface area contributed by atoms with Crippen molar-refractivity contribution in [1.29, 1.82) is 0 Å². The lowest BCUT2D eigenvalue weighted by Gasteiger charge is -2.05. The van der Waals surface area contributed by atoms with Gasteiger partial charge in [-0.15, -0.1) is 0 Å². The maximum atomic E-state index is 10.8. The van der Waals surface area contributed by atoms with Crippen LogP contribution in [0, 0.1) is 10.1 Å². The fourth-order valence-electron chi connectivity index (χ4n) is 1.60. The standard InChI is InChI=1S/C11H9NO4/c1-16-11-6-8-7(5-10(11)13)3-2-4-9(8)12(14)15/h2-6,13H,1H3. The molecule has 5 heteroatoms. The average molecular weight is 219 g/mol. The van der Waals surface area contributed by atoms with Gasteiger partial charge in [0.1, 0.15) is 0 Å². The molecule has 2 rings (SSSR count). The largest absolute Gasteiger partial charge is 0.504 e. The highest BCUT2D eigenvalue weighted by Crippen LogP contribution is 2.35. The number of nitro benzene ring substituents is 1. The Kier molecular flexibility index (Phi) is 2.36. The minimum Gasteiger partial charge on any atom is -0.504 e. The molecule has 5 nitrogen and oxygen atoms in total. The molecule has 0 bridgehead atoms. The third-order valence-corrected chi connectivity index (χ3v) is 2.35. The highest BCUT2D eigenvalue weighted by Gasteiger charge is 2.13. The summed E-state index contributed by atoms with van der Waals surface area (Å²) in [5.74, 6) is 0.192. The highest BCUT2D eigenvalue weighted by atomic mass is 16.6. The SMILES string of the molecule is COc1cc2c([N+](=O)[O-])cccc2cc1O. The van der Waals surface area contributed by atoms with Crippen LogP contribution in [0.1, 0.15) is 0 Å². The zero-order valence-corrected chi connectivity index (χ0v) is 8.51. The van der Waals surface area contributed by atoms with Crippen molar-refractivity contribution in [3.63, 3.8) is 0 Å². The molecule has 0 heterocycles. The van der Waals surface area contributed by atoms with Gasteiger partial charge in [0, 0.05) is 6.07 Å². The first kappa shape index (κ1) is 10.2. The molecule has 0 atom stereocenters. The lowest BCUT2D eigenvalue weighted by atomic mass is 10.1. The van der Waals surface area contributed by atoms with Crippen molar-refractivity contribution in [2.75, 3.05) is 7.11 Å². The summed E-state index contributed by atoms with van der Waals surface area (Å²) < 4.78 is 4.92. The number of nitrogens with zero attached hydrogens (tertiary/aromatic N) is 1. The van der Waals surface area contributed by atoms with E-state index in [0.717, 1.165) is 0 Å². The summed E-state index contributed by atoms with van der Waals surface area (Å²) in [7, 11) is 1.40. The van der Waals surface area contributed by atoms with E-state index in [4.69, 9.17) is 4.74 Å². The van der Waals surface area contributed by atoms with Crippen LogP contribution in [0.4, 0.5) is 5.69 Å². The molecule has 0 radical (unpaired) electrons. The number of aromatic hydroxyl groups is 1. The molecule has 0 unspecified atom stereocenters. The van der Waals surface area contributed by atoms with Crippen molar-refractivity contribution in [2.24, 2.45) is 0 Å². The summed E-state index contributed by atoms with van der Waals surface area (Å²) in [5, 5.41) is 21.4. The highest BCUT2D eigenvalue weighted by molar-refractivity contribution is 5.93. The quantitative estimate of drug-likeness (QED) is 0.622. The molecule has 0 saturated carbocycles. The molecular weight excluding hydrogens is 210 g/mol. The van der Waals surface area contributed by atoms with Crippen molar-refractivity contribution < 1.29 is 14.8 Å². The molecule has 1 N–H and O–H groups in total. The van der Waals surface area contributed by atoms with E-state index in [9.17, 15) is 15.2 Å². The summed E-state index contributed by atoms with van der Waals surface area (Å²) in [6.07, 6.45) is 0. The normalized spacial score (nSPS) is 10.3. The van der Waals surface area contributed by atoms with Gasteiger partial charge >= 0.3 is 0 Å². The van der Waals surface area contributed by atoms with Crippen molar-refractivity contribution in [3.05, 3.63) is 40.4 Å². The number of methoxy groups -OCH3 is 1. The second-order valence-electron chi connectivity index (χ2n) is 3.28. The number of fused-ring (bicyclic) bond motifs is 1. The topological polar surface area (TPSA) is 72.6 Å². The van der Waals surface area contributed by atoms with E-state index >= 15 is 0 Å². The number of nitro groups is 1. The molecule has 0 aliphatic carbocycles. The predicted molar refractivity (Wildman–Crippen MR) is 58.8 cm³/mol. The van der Waals surface area contributed by atoms with Gasteiger partial charge in [-0.3, -0.25) is 10.1 Å². The Bertz CT molecular complexity index is 565. The van der Waals surface area contributed by atoms with E-state index in [2.05, 4.69) is 0 Å². The molecule has 0 fully saturated rings. The molecule has 16 heavy (non-hydrogen) atoms. The average Bonchev–Trinajstić information content (AvgIpc) is 2.26. The minimum absolute atomic E-state index is 0.00389. The lowest BCUT2D eigenvalue weighted by Crippen LogP contribution is -1.90. The monoisotopic (exact) mass is 219 g/mol. The number of hydrogen-bond acceptors (Lipinski definition) is 4. The summed E-state index contributed by atoms with van der Waals surface area (Å²) in [6, 6.07) is 7.59. The number of non-ortho nitro benzene ring substituents is 1. The number of benzene rings is 2. The second-order valence-corrected chi connectivity index (χ2v) is 3.28. The predicted octanol–water partition coefficient (Wildman–Crippen LogP) is 2.46. The van der Waals surface area contributed by atoms with Crippen molar-refractivity contribution in [2.45, 2.75) is 0 Å². The number of hydrogen-bond donors (Lipinski definition) is 1. The lowest BCUT2D eigenvalue weighted by molar-refractivity contribution is -0.383. The van der Waals surface area contributed by atoms with Crippen LogP contribution in [0.25, 0.3) is 10.8 Å². The van der Waals surface area contributed by atoms with Crippen molar-refractivity contribution in [3.8, 4) is 11.5 Å². The van der Waals surface area contributed by atoms with Crippen molar-refractivity contribution in [1.82, 2.24) is 0 Å². The smallest absolute Gasteiger partial charge is 0.277 e. The number of rotatable bonds is 2. The molecule has 0 aliphatic heterocycles. The van der Waals surface area contributed by atoms with Crippen LogP contribution >= 0.6 is 0 Å². The van der Waals surface area contributed by atoms with Crippen LogP contribution in [0.15, 0.2) is 30.3 Å². The Balaban J connectivity index is 2.81. The number of phenolic OH excluding ortho intramolecular Hbond substituents is 1. The van der Waals surface area contributed by atoms with E-state index in [1.54, 1.807) is 12.1 Å². The molecule has 0 aliphatic rings. The van der Waals surface area contributed by atoms with E-state index in [1.807, 2.05) is 0 Å². The second kappa shape index (κ2) is 3.69. The fraction of sp³-hybridized carbons (Fsp3) is 0.0909. The Labute approximate surface area is 91.0 Å². The van der Waals surface area contributed by atoms with E-state index in [0.29, 0.717) is 10.8 Å². The van der Waals surface area contributed by atoms with Gasteiger partial charge in [0.25, 0.3) is 5.69 Å². The van der Waals surface area contributed by atoms with E-state index < -0.39 is 4.92 Å². The van der Waals surface area contributed by atoms with Crippen LogP contribution < -0.4 is 4.74 Å². The zero-order valence-electron chi connectivity index (χ0n) is 8.51. The van der Waals surface area contributed by atoms with Gasteiger partial charge in [-0.1, -0.05) is 12.1 Å². The van der Waals surface area contributed by atoms with E-state index in [-0.39, 0.29) is 17.2 Å². The maximum absolute atomic E-state index is 10.8. The Morgan fingerprint density at radius 3 is 2.75 bits per heavy atom. The minimum atomic E-state index is -0.460. The Hall–Kier alpha value is -2.30. The summed E-state index contributed by atoms with van der Waals surface area (Å²) in [6.45, 7) is 0. The van der Waals surface area contributed by atoms with Crippen LogP contribution in [0.2, 0.25) is 0 Å². The third kappa shape index (κ3) is 1.52. The zero-order chi connectivity index (χ0) is 11.7. The maximum Gasteiger partial charge on any atom is 0.277 e. The molecule has 0 amide bonds. The summed E-state index contributed by atoms with van der Waals surface area (Å²) in [4.78, 5) is 10.3. The van der Waals surface area contributed by atoms with Crippen LogP contribution in [0.3, 0.4) is 0 Å². The van der Waals surface area contributed by atoms with Gasteiger partial charge in [0.05, 0.1) is 17.4 Å². The van der Waals surface area contributed by atoms with Gasteiger partial charge < -0.3 is 9.84 Å². The van der Waals surface area contributed by atoms with E-state index in [1.165, 1.54) is 25.3 Å². The van der Waals surface area contributed by atoms with Gasteiger partial charge in [0.2, 0.25) is 0 Å². The third-order valence-electron chi connectivity index (χ3n) is 2.35. The first-order chi connectivity index (χ1) is 7.63. The number of phenols is 1. The van der Waals surface area contributed by atoms with Gasteiger partial charge in [-0.2, -0.15) is 0 Å². The molecular formula is C11H9NO4. The molecule has 2 aromatic rings.